The lowest BCUT2D eigenvalue weighted by Crippen LogP contribution is -2.54. The molecule has 228 valence electrons. The standard InChI is InChI=1S/C29H25F3N6O5S/c1-3-23(39)36-10-11-37(16(2)13-36)26-18-12-21(32)25(24-19(30)6-4-7-20(24)31)34-27(18)38(29(40)35-26)22-8-5-9-33-28(22)44(41,42)17-14-43-15-17/h3-9,12,16-17H,1,10-11,13-15H2,2H3/t16-/m0/s1. The van der Waals surface area contributed by atoms with Crippen molar-refractivity contribution < 1.29 is 31.1 Å². The number of hydrogen-bond acceptors (Lipinski definition) is 9. The minimum atomic E-state index is -4.11. The van der Waals surface area contributed by atoms with Gasteiger partial charge in [0.2, 0.25) is 15.7 Å². The van der Waals surface area contributed by atoms with E-state index < -0.39 is 60.6 Å². The van der Waals surface area contributed by atoms with E-state index in [1.54, 1.807) is 16.7 Å². The predicted octanol–water partition coefficient (Wildman–Crippen LogP) is 2.66. The summed E-state index contributed by atoms with van der Waals surface area (Å²) in [4.78, 5) is 41.9. The smallest absolute Gasteiger partial charge is 0.355 e. The van der Waals surface area contributed by atoms with E-state index in [2.05, 4.69) is 21.5 Å². The average Bonchev–Trinajstić information content (AvgIpc) is 2.96. The number of carbonyl (C=O) groups excluding carboxylic acids is 1. The molecule has 2 aliphatic rings. The molecular weight excluding hydrogens is 601 g/mol. The Morgan fingerprint density at radius 2 is 1.80 bits per heavy atom. The van der Waals surface area contributed by atoms with E-state index in [0.717, 1.165) is 28.8 Å². The first-order valence-corrected chi connectivity index (χ1v) is 15.1. The fourth-order valence-electron chi connectivity index (χ4n) is 5.37. The number of halogens is 3. The highest BCUT2D eigenvalue weighted by Gasteiger charge is 2.38. The fraction of sp³-hybridized carbons (Fsp3) is 0.276. The highest BCUT2D eigenvalue weighted by Crippen LogP contribution is 2.34. The number of sulfone groups is 1. The van der Waals surface area contributed by atoms with Crippen molar-refractivity contribution in [2.45, 2.75) is 23.2 Å². The van der Waals surface area contributed by atoms with Gasteiger partial charge in [-0.2, -0.15) is 4.98 Å². The van der Waals surface area contributed by atoms with Crippen LogP contribution in [-0.4, -0.2) is 82.9 Å². The summed E-state index contributed by atoms with van der Waals surface area (Å²) in [5, 5.41) is -1.40. The summed E-state index contributed by atoms with van der Waals surface area (Å²) in [6.07, 6.45) is 2.43. The highest BCUT2D eigenvalue weighted by molar-refractivity contribution is 7.92. The van der Waals surface area contributed by atoms with Crippen molar-refractivity contribution in [2.24, 2.45) is 0 Å². The lowest BCUT2D eigenvalue weighted by Gasteiger charge is -2.40. The van der Waals surface area contributed by atoms with Gasteiger partial charge in [0.05, 0.1) is 29.9 Å². The zero-order valence-electron chi connectivity index (χ0n) is 23.3. The molecule has 0 spiro atoms. The van der Waals surface area contributed by atoms with E-state index in [0.29, 0.717) is 0 Å². The molecule has 0 bridgehead atoms. The number of pyridine rings is 2. The quantitative estimate of drug-likeness (QED) is 0.297. The van der Waals surface area contributed by atoms with Crippen molar-refractivity contribution in [3.63, 3.8) is 0 Å². The van der Waals surface area contributed by atoms with Crippen LogP contribution in [0, 0.1) is 17.5 Å². The number of benzene rings is 1. The first-order chi connectivity index (χ1) is 21.0. The molecule has 11 nitrogen and oxygen atoms in total. The van der Waals surface area contributed by atoms with E-state index in [1.807, 2.05) is 0 Å². The number of rotatable bonds is 6. The number of nitrogens with zero attached hydrogens (tertiary/aromatic N) is 6. The maximum absolute atomic E-state index is 15.8. The summed E-state index contributed by atoms with van der Waals surface area (Å²) < 4.78 is 78.3. The van der Waals surface area contributed by atoms with Crippen molar-refractivity contribution in [2.75, 3.05) is 37.7 Å². The lowest BCUT2D eigenvalue weighted by molar-refractivity contribution is -0.126. The molecule has 0 aliphatic carbocycles. The van der Waals surface area contributed by atoms with Crippen LogP contribution in [0.15, 0.2) is 65.1 Å². The van der Waals surface area contributed by atoms with Gasteiger partial charge in [-0.3, -0.25) is 4.79 Å². The molecule has 2 aliphatic heterocycles. The molecule has 2 fully saturated rings. The monoisotopic (exact) mass is 626 g/mol. The van der Waals surface area contributed by atoms with Crippen LogP contribution in [0.25, 0.3) is 28.0 Å². The van der Waals surface area contributed by atoms with Gasteiger partial charge in [-0.1, -0.05) is 12.6 Å². The minimum absolute atomic E-state index is 0.00657. The number of ether oxygens (including phenoxy) is 1. The van der Waals surface area contributed by atoms with Crippen molar-refractivity contribution in [1.82, 2.24) is 24.4 Å². The van der Waals surface area contributed by atoms with E-state index >= 15 is 4.39 Å². The summed E-state index contributed by atoms with van der Waals surface area (Å²) in [5.74, 6) is -3.56. The Bertz CT molecular complexity index is 1980. The van der Waals surface area contributed by atoms with Crippen LogP contribution < -0.4 is 10.6 Å². The van der Waals surface area contributed by atoms with Gasteiger partial charge in [-0.15, -0.1) is 0 Å². The molecule has 0 radical (unpaired) electrons. The maximum Gasteiger partial charge on any atom is 0.355 e. The van der Waals surface area contributed by atoms with E-state index in [9.17, 15) is 26.8 Å². The molecule has 1 atom stereocenters. The van der Waals surface area contributed by atoms with Crippen molar-refractivity contribution >= 4 is 32.6 Å². The zero-order valence-corrected chi connectivity index (χ0v) is 24.1. The van der Waals surface area contributed by atoms with Crippen molar-refractivity contribution in [3.05, 3.63) is 83.2 Å². The molecule has 5 heterocycles. The number of carbonyl (C=O) groups is 1. The topological polar surface area (TPSA) is 128 Å². The third kappa shape index (κ3) is 4.81. The molecule has 0 saturated carbocycles. The van der Waals surface area contributed by atoms with Crippen LogP contribution in [0.5, 0.6) is 0 Å². The maximum atomic E-state index is 15.8. The second-order valence-corrected chi connectivity index (χ2v) is 12.5. The predicted molar refractivity (Wildman–Crippen MR) is 154 cm³/mol. The molecule has 3 aromatic heterocycles. The Hall–Kier alpha value is -4.63. The number of hydrogen-bond donors (Lipinski definition) is 0. The summed E-state index contributed by atoms with van der Waals surface area (Å²) in [6.45, 7) is 5.83. The van der Waals surface area contributed by atoms with Crippen molar-refractivity contribution in [3.8, 4) is 16.9 Å². The van der Waals surface area contributed by atoms with Crippen LogP contribution in [-0.2, 0) is 19.4 Å². The summed E-state index contributed by atoms with van der Waals surface area (Å²) >= 11 is 0. The second-order valence-electron chi connectivity index (χ2n) is 10.4. The SMILES string of the molecule is C=CC(=O)N1CCN(c2nc(=O)n(-c3cccnc3S(=O)(=O)C3COC3)c3nc(-c4c(F)cccc4F)c(F)cc23)[C@@H](C)C1. The summed E-state index contributed by atoms with van der Waals surface area (Å²) in [5.41, 5.74) is -3.00. The summed E-state index contributed by atoms with van der Waals surface area (Å²) in [7, 11) is -4.11. The van der Waals surface area contributed by atoms with Crippen LogP contribution in [0.4, 0.5) is 19.0 Å². The highest BCUT2D eigenvalue weighted by atomic mass is 32.2. The third-order valence-corrected chi connectivity index (χ3v) is 9.70. The average molecular weight is 627 g/mol. The Morgan fingerprint density at radius 3 is 2.43 bits per heavy atom. The van der Waals surface area contributed by atoms with Gasteiger partial charge in [-0.25, -0.2) is 40.9 Å². The first-order valence-electron chi connectivity index (χ1n) is 13.6. The Morgan fingerprint density at radius 1 is 1.07 bits per heavy atom. The molecule has 6 rings (SSSR count). The van der Waals surface area contributed by atoms with Gasteiger partial charge in [0.25, 0.3) is 0 Å². The Labute approximate surface area is 249 Å². The third-order valence-electron chi connectivity index (χ3n) is 7.69. The lowest BCUT2D eigenvalue weighted by atomic mass is 10.1. The van der Waals surface area contributed by atoms with Crippen LogP contribution >= 0.6 is 0 Å². The molecule has 0 unspecified atom stereocenters. The van der Waals surface area contributed by atoms with Gasteiger partial charge in [0.1, 0.15) is 28.4 Å². The van der Waals surface area contributed by atoms with Crippen LogP contribution in [0.3, 0.4) is 0 Å². The normalized spacial score (nSPS) is 17.5. The number of aromatic nitrogens is 4. The van der Waals surface area contributed by atoms with Gasteiger partial charge in [-0.05, 0) is 43.3 Å². The Balaban J connectivity index is 1.63. The molecular formula is C29H25F3N6O5S. The molecule has 2 saturated heterocycles. The molecule has 0 N–H and O–H groups in total. The molecule has 15 heteroatoms. The van der Waals surface area contributed by atoms with E-state index in [4.69, 9.17) is 4.74 Å². The number of amides is 1. The zero-order chi connectivity index (χ0) is 31.3. The number of piperazine rings is 1. The second kappa shape index (κ2) is 11.1. The molecule has 44 heavy (non-hydrogen) atoms. The minimum Gasteiger partial charge on any atom is -0.379 e. The molecule has 4 aromatic rings. The van der Waals surface area contributed by atoms with Crippen LogP contribution in [0.2, 0.25) is 0 Å². The fourth-order valence-corrected chi connectivity index (χ4v) is 6.89. The van der Waals surface area contributed by atoms with Gasteiger partial charge in [0, 0.05) is 31.9 Å². The van der Waals surface area contributed by atoms with Gasteiger partial charge < -0.3 is 14.5 Å². The van der Waals surface area contributed by atoms with E-state index in [1.165, 1.54) is 24.4 Å². The van der Waals surface area contributed by atoms with E-state index in [-0.39, 0.29) is 61.3 Å². The largest absolute Gasteiger partial charge is 0.379 e. The van der Waals surface area contributed by atoms with Gasteiger partial charge >= 0.3 is 5.69 Å². The number of fused-ring (bicyclic) bond motifs is 1. The van der Waals surface area contributed by atoms with Gasteiger partial charge in [0.15, 0.2) is 16.5 Å². The van der Waals surface area contributed by atoms with Crippen LogP contribution in [0.1, 0.15) is 6.92 Å². The molecule has 1 amide bonds. The first kappa shape index (κ1) is 29.4. The number of anilines is 1. The molecule has 1 aromatic carbocycles. The Kier molecular flexibility index (Phi) is 7.45. The van der Waals surface area contributed by atoms with Crippen molar-refractivity contribution in [1.29, 1.82) is 0 Å². The summed E-state index contributed by atoms with van der Waals surface area (Å²) in [6, 6.07) is 6.26.